The minimum Gasteiger partial charge on any atom is -0.497 e. The van der Waals surface area contributed by atoms with Gasteiger partial charge in [0, 0.05) is 36.1 Å². The number of pyridine rings is 1. The van der Waals surface area contributed by atoms with Gasteiger partial charge in [-0.3, -0.25) is 0 Å². The molecule has 1 aromatic carbocycles. The van der Waals surface area contributed by atoms with Gasteiger partial charge in [0.05, 0.1) is 14.2 Å². The first-order chi connectivity index (χ1) is 10.1. The number of rotatable bonds is 6. The molecule has 0 spiro atoms. The fourth-order valence-corrected chi connectivity index (χ4v) is 2.02. The SMILES string of the molecule is COc1ccc(C(N)=S)c(NCc2ccc(OC)nc2)c1. The first-order valence-corrected chi connectivity index (χ1v) is 6.75. The van der Waals surface area contributed by atoms with Crippen LogP contribution in [0.1, 0.15) is 11.1 Å². The van der Waals surface area contributed by atoms with E-state index >= 15 is 0 Å². The van der Waals surface area contributed by atoms with Crippen molar-refractivity contribution in [2.24, 2.45) is 5.73 Å². The predicted octanol–water partition coefficient (Wildman–Crippen LogP) is 2.35. The molecular formula is C15H17N3O2S. The average Bonchev–Trinajstić information content (AvgIpc) is 2.52. The molecule has 1 aromatic heterocycles. The summed E-state index contributed by atoms with van der Waals surface area (Å²) in [6.07, 6.45) is 1.76. The molecule has 0 unspecified atom stereocenters. The molecule has 0 radical (unpaired) electrons. The summed E-state index contributed by atoms with van der Waals surface area (Å²) in [7, 11) is 3.21. The Morgan fingerprint density at radius 3 is 2.62 bits per heavy atom. The van der Waals surface area contributed by atoms with E-state index in [1.165, 1.54) is 0 Å². The van der Waals surface area contributed by atoms with Crippen LogP contribution in [0.25, 0.3) is 0 Å². The second-order valence-corrected chi connectivity index (χ2v) is 4.78. The third-order valence-corrected chi connectivity index (χ3v) is 3.20. The number of nitrogens with one attached hydrogen (secondary N) is 1. The van der Waals surface area contributed by atoms with Crippen molar-refractivity contribution in [2.45, 2.75) is 6.54 Å². The lowest BCUT2D eigenvalue weighted by molar-refractivity contribution is 0.397. The summed E-state index contributed by atoms with van der Waals surface area (Å²) in [5, 5.41) is 3.29. The van der Waals surface area contributed by atoms with Gasteiger partial charge in [-0.05, 0) is 17.7 Å². The third-order valence-electron chi connectivity index (χ3n) is 2.98. The number of thiocarbonyl (C=S) groups is 1. The first-order valence-electron chi connectivity index (χ1n) is 6.34. The second-order valence-electron chi connectivity index (χ2n) is 4.34. The molecule has 0 saturated carbocycles. The molecule has 0 amide bonds. The van der Waals surface area contributed by atoms with E-state index in [0.717, 1.165) is 22.6 Å². The van der Waals surface area contributed by atoms with Crippen LogP contribution < -0.4 is 20.5 Å². The molecule has 0 aliphatic heterocycles. The number of benzene rings is 1. The fraction of sp³-hybridized carbons (Fsp3) is 0.200. The van der Waals surface area contributed by atoms with Crippen LogP contribution in [0.2, 0.25) is 0 Å². The largest absolute Gasteiger partial charge is 0.497 e. The molecular weight excluding hydrogens is 286 g/mol. The molecule has 2 rings (SSSR count). The van der Waals surface area contributed by atoms with Crippen molar-refractivity contribution < 1.29 is 9.47 Å². The molecule has 0 aliphatic carbocycles. The van der Waals surface area contributed by atoms with Gasteiger partial charge in [-0.15, -0.1) is 0 Å². The summed E-state index contributed by atoms with van der Waals surface area (Å²) >= 11 is 5.06. The van der Waals surface area contributed by atoms with Crippen LogP contribution in [0.3, 0.4) is 0 Å². The molecule has 0 aliphatic rings. The summed E-state index contributed by atoms with van der Waals surface area (Å²) in [5.74, 6) is 1.33. The first kappa shape index (κ1) is 15.1. The van der Waals surface area contributed by atoms with E-state index in [2.05, 4.69) is 10.3 Å². The fourth-order valence-electron chi connectivity index (χ4n) is 1.84. The van der Waals surface area contributed by atoms with E-state index in [0.29, 0.717) is 17.4 Å². The molecule has 1 heterocycles. The zero-order valence-corrected chi connectivity index (χ0v) is 12.7. The van der Waals surface area contributed by atoms with Gasteiger partial charge in [-0.25, -0.2) is 4.98 Å². The molecule has 3 N–H and O–H groups in total. The van der Waals surface area contributed by atoms with Gasteiger partial charge in [-0.1, -0.05) is 18.3 Å². The Hall–Kier alpha value is -2.34. The van der Waals surface area contributed by atoms with Crippen molar-refractivity contribution in [3.8, 4) is 11.6 Å². The Balaban J connectivity index is 2.15. The van der Waals surface area contributed by atoms with Crippen molar-refractivity contribution in [1.29, 1.82) is 0 Å². The standard InChI is InChI=1S/C15H17N3O2S/c1-19-11-4-5-12(15(16)21)13(7-11)17-8-10-3-6-14(20-2)18-9-10/h3-7,9,17H,8H2,1-2H3,(H2,16,21). The van der Waals surface area contributed by atoms with Gasteiger partial charge in [0.2, 0.25) is 5.88 Å². The third kappa shape index (κ3) is 3.82. The number of anilines is 1. The lowest BCUT2D eigenvalue weighted by Gasteiger charge is -2.13. The lowest BCUT2D eigenvalue weighted by atomic mass is 10.1. The van der Waals surface area contributed by atoms with Gasteiger partial charge in [0.1, 0.15) is 10.7 Å². The van der Waals surface area contributed by atoms with Gasteiger partial charge in [-0.2, -0.15) is 0 Å². The highest BCUT2D eigenvalue weighted by atomic mass is 32.1. The zero-order valence-electron chi connectivity index (χ0n) is 11.9. The summed E-state index contributed by atoms with van der Waals surface area (Å²) < 4.78 is 10.3. The monoisotopic (exact) mass is 303 g/mol. The lowest BCUT2D eigenvalue weighted by Crippen LogP contribution is -2.13. The number of nitrogens with two attached hydrogens (primary N) is 1. The van der Waals surface area contributed by atoms with Gasteiger partial charge >= 0.3 is 0 Å². The van der Waals surface area contributed by atoms with E-state index in [9.17, 15) is 0 Å². The zero-order chi connectivity index (χ0) is 15.2. The molecule has 6 heteroatoms. The van der Waals surface area contributed by atoms with Crippen LogP contribution in [0.5, 0.6) is 11.6 Å². The number of methoxy groups -OCH3 is 2. The van der Waals surface area contributed by atoms with E-state index in [4.69, 9.17) is 27.4 Å². The summed E-state index contributed by atoms with van der Waals surface area (Å²) in [4.78, 5) is 4.50. The number of hydrogen-bond acceptors (Lipinski definition) is 5. The summed E-state index contributed by atoms with van der Waals surface area (Å²) in [6, 6.07) is 9.30. The minimum atomic E-state index is 0.341. The van der Waals surface area contributed by atoms with Crippen molar-refractivity contribution in [2.75, 3.05) is 19.5 Å². The Morgan fingerprint density at radius 2 is 2.05 bits per heavy atom. The molecule has 110 valence electrons. The van der Waals surface area contributed by atoms with Crippen LogP contribution in [0, 0.1) is 0 Å². The van der Waals surface area contributed by atoms with E-state index in [1.807, 2.05) is 30.3 Å². The second kappa shape index (κ2) is 6.90. The van der Waals surface area contributed by atoms with E-state index < -0.39 is 0 Å². The van der Waals surface area contributed by atoms with Gasteiger partial charge in [0.25, 0.3) is 0 Å². The van der Waals surface area contributed by atoms with Gasteiger partial charge in [0.15, 0.2) is 0 Å². The number of aromatic nitrogens is 1. The molecule has 21 heavy (non-hydrogen) atoms. The number of hydrogen-bond donors (Lipinski definition) is 2. The van der Waals surface area contributed by atoms with Crippen LogP contribution in [-0.2, 0) is 6.54 Å². The predicted molar refractivity (Wildman–Crippen MR) is 87.0 cm³/mol. The smallest absolute Gasteiger partial charge is 0.212 e. The maximum atomic E-state index is 5.73. The van der Waals surface area contributed by atoms with Crippen LogP contribution in [-0.4, -0.2) is 24.2 Å². The average molecular weight is 303 g/mol. The minimum absolute atomic E-state index is 0.341. The highest BCUT2D eigenvalue weighted by molar-refractivity contribution is 7.80. The number of nitrogens with zero attached hydrogens (tertiary/aromatic N) is 1. The van der Waals surface area contributed by atoms with Crippen molar-refractivity contribution in [3.05, 3.63) is 47.7 Å². The van der Waals surface area contributed by atoms with E-state index in [1.54, 1.807) is 20.4 Å². The van der Waals surface area contributed by atoms with Crippen LogP contribution >= 0.6 is 12.2 Å². The Bertz CT molecular complexity index is 629. The topological polar surface area (TPSA) is 69.4 Å². The molecule has 0 fully saturated rings. The molecule has 0 saturated heterocycles. The molecule has 0 bridgehead atoms. The van der Waals surface area contributed by atoms with Crippen molar-refractivity contribution in [1.82, 2.24) is 4.98 Å². The quantitative estimate of drug-likeness (QED) is 0.798. The molecule has 2 aromatic rings. The van der Waals surface area contributed by atoms with Crippen LogP contribution in [0.15, 0.2) is 36.5 Å². The highest BCUT2D eigenvalue weighted by Gasteiger charge is 2.07. The normalized spacial score (nSPS) is 10.0. The molecule has 0 atom stereocenters. The van der Waals surface area contributed by atoms with Crippen molar-refractivity contribution >= 4 is 22.9 Å². The Morgan fingerprint density at radius 1 is 1.24 bits per heavy atom. The summed E-state index contributed by atoms with van der Waals surface area (Å²) in [5.41, 5.74) is 8.37. The maximum Gasteiger partial charge on any atom is 0.212 e. The van der Waals surface area contributed by atoms with Crippen molar-refractivity contribution in [3.63, 3.8) is 0 Å². The molecule has 5 nitrogen and oxygen atoms in total. The Kier molecular flexibility index (Phi) is 4.94. The maximum absolute atomic E-state index is 5.73. The Labute approximate surface area is 129 Å². The summed E-state index contributed by atoms with van der Waals surface area (Å²) in [6.45, 7) is 0.597. The van der Waals surface area contributed by atoms with Crippen LogP contribution in [0.4, 0.5) is 5.69 Å². The van der Waals surface area contributed by atoms with E-state index in [-0.39, 0.29) is 0 Å². The highest BCUT2D eigenvalue weighted by Crippen LogP contribution is 2.23. The number of ether oxygens (including phenoxy) is 2. The van der Waals surface area contributed by atoms with Gasteiger partial charge < -0.3 is 20.5 Å².